The van der Waals surface area contributed by atoms with E-state index < -0.39 is 14.2 Å². The molecule has 0 aromatic heterocycles. The first-order valence-corrected chi connectivity index (χ1v) is 9.38. The Labute approximate surface area is 97.6 Å². The van der Waals surface area contributed by atoms with Crippen LogP contribution < -0.4 is 5.32 Å². The summed E-state index contributed by atoms with van der Waals surface area (Å²) in [6, 6.07) is 1.27. The Balaban J connectivity index is 2.32. The van der Waals surface area contributed by atoms with Crippen LogP contribution in [0.3, 0.4) is 0 Å². The maximum Gasteiger partial charge on any atom is 0.411 e. The minimum Gasteiger partial charge on any atom is -0.465 e. The van der Waals surface area contributed by atoms with Gasteiger partial charge in [-0.3, -0.25) is 10.3 Å². The Kier molecular flexibility index (Phi) is 4.34. The van der Waals surface area contributed by atoms with Crippen LogP contribution >= 0.6 is 0 Å². The number of nitrogens with one attached hydrogen (secondary N) is 1. The fourth-order valence-electron chi connectivity index (χ4n) is 1.71. The molecule has 6 heteroatoms. The van der Waals surface area contributed by atoms with Gasteiger partial charge in [0.2, 0.25) is 5.96 Å². The van der Waals surface area contributed by atoms with Gasteiger partial charge in [0.1, 0.15) is 0 Å². The topological polar surface area (TPSA) is 64.9 Å². The minimum atomic E-state index is -1.03. The molecular weight excluding hydrogens is 222 g/mol. The zero-order valence-electron chi connectivity index (χ0n) is 10.3. The number of hydrogen-bond acceptors (Lipinski definition) is 3. The molecule has 1 heterocycles. The molecular formula is C10H21N3O2Si. The van der Waals surface area contributed by atoms with Crippen molar-refractivity contribution in [1.29, 1.82) is 0 Å². The molecule has 2 N–H and O–H groups in total. The summed E-state index contributed by atoms with van der Waals surface area (Å²) >= 11 is 0. The predicted octanol–water partition coefficient (Wildman–Crippen LogP) is 1.65. The van der Waals surface area contributed by atoms with E-state index in [0.717, 1.165) is 19.5 Å². The van der Waals surface area contributed by atoms with Crippen molar-refractivity contribution in [2.75, 3.05) is 19.6 Å². The summed E-state index contributed by atoms with van der Waals surface area (Å²) < 4.78 is 0. The fourth-order valence-corrected chi connectivity index (χ4v) is 2.93. The molecule has 0 fully saturated rings. The first-order chi connectivity index (χ1) is 7.38. The van der Waals surface area contributed by atoms with E-state index >= 15 is 0 Å². The van der Waals surface area contributed by atoms with Gasteiger partial charge >= 0.3 is 6.09 Å². The van der Waals surface area contributed by atoms with Crippen LogP contribution in [0.5, 0.6) is 0 Å². The maximum atomic E-state index is 10.5. The lowest BCUT2D eigenvalue weighted by Gasteiger charge is -2.22. The van der Waals surface area contributed by atoms with E-state index in [9.17, 15) is 4.79 Å². The number of amides is 1. The molecule has 1 aliphatic rings. The summed E-state index contributed by atoms with van der Waals surface area (Å²) in [6.07, 6.45) is 0.0894. The molecule has 16 heavy (non-hydrogen) atoms. The third-order valence-electron chi connectivity index (χ3n) is 2.50. The fraction of sp³-hybridized carbons (Fsp3) is 0.800. The lowest BCUT2D eigenvalue weighted by Crippen LogP contribution is -2.41. The summed E-state index contributed by atoms with van der Waals surface area (Å²) in [4.78, 5) is 16.7. The van der Waals surface area contributed by atoms with Gasteiger partial charge in [-0.25, -0.2) is 4.79 Å². The van der Waals surface area contributed by atoms with Crippen LogP contribution in [0.4, 0.5) is 4.79 Å². The monoisotopic (exact) mass is 243 g/mol. The Bertz CT molecular complexity index is 286. The van der Waals surface area contributed by atoms with Crippen LogP contribution in [-0.2, 0) is 0 Å². The second kappa shape index (κ2) is 5.34. The number of carboxylic acid groups (broad SMARTS) is 1. The van der Waals surface area contributed by atoms with Crippen LogP contribution in [0.25, 0.3) is 0 Å². The highest BCUT2D eigenvalue weighted by molar-refractivity contribution is 6.76. The van der Waals surface area contributed by atoms with Gasteiger partial charge in [0.05, 0.1) is 6.54 Å². The Morgan fingerprint density at radius 3 is 2.81 bits per heavy atom. The van der Waals surface area contributed by atoms with Gasteiger partial charge in [-0.15, -0.1) is 0 Å². The van der Waals surface area contributed by atoms with Gasteiger partial charge in [0.25, 0.3) is 0 Å². The number of carbonyl (C=O) groups is 1. The molecule has 0 saturated heterocycles. The standard InChI is InChI=1S/C10H21N3O2Si/c1-16(2,3)8-4-6-13-7-5-11-9(13)12-10(14)15/h4-8H2,1-3H3,(H,11,12)(H,14,15). The van der Waals surface area contributed by atoms with E-state index in [4.69, 9.17) is 5.11 Å². The maximum absolute atomic E-state index is 10.5. The number of aliphatic imine (C=N–C) groups is 1. The molecule has 1 amide bonds. The third kappa shape index (κ3) is 4.65. The van der Waals surface area contributed by atoms with Gasteiger partial charge in [-0.05, 0) is 6.42 Å². The minimum absolute atomic E-state index is 0.517. The molecule has 0 radical (unpaired) electrons. The predicted molar refractivity (Wildman–Crippen MR) is 67.8 cm³/mol. The summed E-state index contributed by atoms with van der Waals surface area (Å²) in [6.45, 7) is 9.48. The Morgan fingerprint density at radius 1 is 1.56 bits per heavy atom. The van der Waals surface area contributed by atoms with Crippen molar-refractivity contribution in [3.05, 3.63) is 0 Å². The zero-order chi connectivity index (χ0) is 12.2. The molecule has 92 valence electrons. The van der Waals surface area contributed by atoms with E-state index in [1.165, 1.54) is 6.04 Å². The van der Waals surface area contributed by atoms with Crippen LogP contribution in [0.1, 0.15) is 6.42 Å². The van der Waals surface area contributed by atoms with Crippen LogP contribution in [0.15, 0.2) is 4.99 Å². The Hall–Kier alpha value is -1.04. The molecule has 5 nitrogen and oxygen atoms in total. The highest BCUT2D eigenvalue weighted by Gasteiger charge is 2.19. The van der Waals surface area contributed by atoms with Gasteiger partial charge in [-0.2, -0.15) is 0 Å². The van der Waals surface area contributed by atoms with E-state index in [1.54, 1.807) is 0 Å². The van der Waals surface area contributed by atoms with Gasteiger partial charge in [0, 0.05) is 21.2 Å². The van der Waals surface area contributed by atoms with Crippen molar-refractivity contribution in [3.8, 4) is 0 Å². The first-order valence-electron chi connectivity index (χ1n) is 5.68. The normalized spacial score (nSPS) is 16.2. The lowest BCUT2D eigenvalue weighted by atomic mass is 10.4. The average Bonchev–Trinajstić information content (AvgIpc) is 2.49. The first kappa shape index (κ1) is 13.0. The van der Waals surface area contributed by atoms with E-state index in [0.29, 0.717) is 12.5 Å². The number of hydrogen-bond donors (Lipinski definition) is 2. The second-order valence-electron chi connectivity index (χ2n) is 5.29. The summed E-state index contributed by atoms with van der Waals surface area (Å²) in [5.41, 5.74) is 0. The lowest BCUT2D eigenvalue weighted by molar-refractivity contribution is 0.199. The highest BCUT2D eigenvalue weighted by Crippen LogP contribution is 2.12. The van der Waals surface area contributed by atoms with Crippen LogP contribution in [0.2, 0.25) is 25.7 Å². The van der Waals surface area contributed by atoms with Crippen molar-refractivity contribution >= 4 is 20.1 Å². The van der Waals surface area contributed by atoms with Crippen LogP contribution in [-0.4, -0.2) is 49.8 Å². The van der Waals surface area contributed by atoms with Gasteiger partial charge < -0.3 is 10.0 Å². The molecule has 0 spiro atoms. The van der Waals surface area contributed by atoms with Crippen molar-refractivity contribution in [3.63, 3.8) is 0 Å². The van der Waals surface area contributed by atoms with Crippen molar-refractivity contribution in [2.24, 2.45) is 4.99 Å². The molecule has 0 aromatic carbocycles. The average molecular weight is 243 g/mol. The van der Waals surface area contributed by atoms with Crippen molar-refractivity contribution < 1.29 is 9.90 Å². The number of nitrogens with zero attached hydrogens (tertiary/aromatic N) is 2. The smallest absolute Gasteiger partial charge is 0.411 e. The molecule has 0 aromatic rings. The van der Waals surface area contributed by atoms with Gasteiger partial charge in [0.15, 0.2) is 0 Å². The molecule has 0 bridgehead atoms. The zero-order valence-corrected chi connectivity index (χ0v) is 11.3. The molecule has 1 aliphatic heterocycles. The van der Waals surface area contributed by atoms with Gasteiger partial charge in [-0.1, -0.05) is 25.7 Å². The van der Waals surface area contributed by atoms with E-state index in [2.05, 4.69) is 30.0 Å². The molecule has 0 unspecified atom stereocenters. The summed E-state index contributed by atoms with van der Waals surface area (Å²) in [7, 11) is -0.986. The molecule has 1 rings (SSSR count). The van der Waals surface area contributed by atoms with E-state index in [1.807, 2.05) is 4.90 Å². The largest absolute Gasteiger partial charge is 0.465 e. The molecule has 0 aliphatic carbocycles. The van der Waals surface area contributed by atoms with Crippen LogP contribution in [0, 0.1) is 0 Å². The Morgan fingerprint density at radius 2 is 2.25 bits per heavy atom. The summed E-state index contributed by atoms with van der Waals surface area (Å²) in [5.74, 6) is 0.517. The summed E-state index contributed by atoms with van der Waals surface area (Å²) in [5, 5.41) is 11.0. The SMILES string of the molecule is C[Si](C)(C)CCCN1CCN=C1NC(=O)O. The quantitative estimate of drug-likeness (QED) is 0.738. The number of guanidine groups is 1. The molecule has 0 atom stereocenters. The highest BCUT2D eigenvalue weighted by atomic mass is 28.3. The number of rotatable bonds is 4. The van der Waals surface area contributed by atoms with Crippen molar-refractivity contribution in [1.82, 2.24) is 10.2 Å². The van der Waals surface area contributed by atoms with Crippen molar-refractivity contribution in [2.45, 2.75) is 32.1 Å². The van der Waals surface area contributed by atoms with E-state index in [-0.39, 0.29) is 0 Å². The molecule has 0 saturated carbocycles. The second-order valence-corrected chi connectivity index (χ2v) is 10.9. The third-order valence-corrected chi connectivity index (χ3v) is 4.36.